The third-order valence-electron chi connectivity index (χ3n) is 2.48. The summed E-state index contributed by atoms with van der Waals surface area (Å²) in [6, 6.07) is 0.782. The van der Waals surface area contributed by atoms with Gasteiger partial charge in [-0.15, -0.1) is 11.3 Å². The van der Waals surface area contributed by atoms with Gasteiger partial charge in [-0.3, -0.25) is 0 Å². The highest BCUT2D eigenvalue weighted by atomic mass is 32.1. The number of nitrogens with zero attached hydrogens (tertiary/aromatic N) is 1. The monoisotopic (exact) mass is 226 g/mol. The molecule has 15 heavy (non-hydrogen) atoms. The van der Waals surface area contributed by atoms with Gasteiger partial charge in [-0.2, -0.15) is 0 Å². The van der Waals surface area contributed by atoms with Gasteiger partial charge in [0.1, 0.15) is 0 Å². The molecule has 0 aromatic carbocycles. The van der Waals surface area contributed by atoms with E-state index in [0.29, 0.717) is 0 Å². The second kappa shape index (κ2) is 5.58. The Labute approximate surface area is 94.9 Å². The molecule has 0 saturated heterocycles. The van der Waals surface area contributed by atoms with Gasteiger partial charge in [-0.05, 0) is 19.3 Å². The van der Waals surface area contributed by atoms with E-state index in [0.717, 1.165) is 32.0 Å². The Morgan fingerprint density at radius 3 is 3.20 bits per heavy atom. The zero-order valence-electron chi connectivity index (χ0n) is 9.16. The predicted octanol–water partition coefficient (Wildman–Crippen LogP) is 1.97. The predicted molar refractivity (Wildman–Crippen MR) is 62.2 cm³/mol. The normalized spacial score (nSPS) is 15.8. The van der Waals surface area contributed by atoms with Gasteiger partial charge in [0, 0.05) is 43.8 Å². The van der Waals surface area contributed by atoms with Crippen molar-refractivity contribution in [2.24, 2.45) is 0 Å². The lowest BCUT2D eigenvalue weighted by Crippen LogP contribution is -2.14. The molecule has 0 atom stereocenters. The van der Waals surface area contributed by atoms with Crippen molar-refractivity contribution in [1.29, 1.82) is 0 Å². The molecule has 1 fully saturated rings. The van der Waals surface area contributed by atoms with Crippen LogP contribution in [0.5, 0.6) is 0 Å². The summed E-state index contributed by atoms with van der Waals surface area (Å²) in [5.74, 6) is 0. The van der Waals surface area contributed by atoms with E-state index in [1.807, 2.05) is 17.5 Å². The standard InChI is InChI=1S/C11H18N2OS/c1-14-6-2-3-11-13-8-10(15-11)7-12-9-4-5-9/h8-9,12H,2-7H2,1H3. The molecule has 2 rings (SSSR count). The summed E-state index contributed by atoms with van der Waals surface area (Å²) in [6.45, 7) is 1.82. The summed E-state index contributed by atoms with van der Waals surface area (Å²) >= 11 is 1.82. The third-order valence-corrected chi connectivity index (χ3v) is 3.54. The van der Waals surface area contributed by atoms with Crippen molar-refractivity contribution in [1.82, 2.24) is 10.3 Å². The summed E-state index contributed by atoms with van der Waals surface area (Å²) in [4.78, 5) is 5.77. The molecular weight excluding hydrogens is 208 g/mol. The van der Waals surface area contributed by atoms with Crippen LogP contribution in [0.3, 0.4) is 0 Å². The van der Waals surface area contributed by atoms with E-state index in [4.69, 9.17) is 4.74 Å². The highest BCUT2D eigenvalue weighted by molar-refractivity contribution is 7.11. The quantitative estimate of drug-likeness (QED) is 0.722. The van der Waals surface area contributed by atoms with Crippen molar-refractivity contribution in [3.05, 3.63) is 16.1 Å². The molecular formula is C11H18N2OS. The minimum Gasteiger partial charge on any atom is -0.385 e. The number of methoxy groups -OCH3 is 1. The third kappa shape index (κ3) is 3.89. The molecule has 0 unspecified atom stereocenters. The summed E-state index contributed by atoms with van der Waals surface area (Å²) < 4.78 is 5.02. The first-order valence-electron chi connectivity index (χ1n) is 5.54. The minimum absolute atomic E-state index is 0.782. The van der Waals surface area contributed by atoms with E-state index in [9.17, 15) is 0 Å². The van der Waals surface area contributed by atoms with Crippen LogP contribution >= 0.6 is 11.3 Å². The Kier molecular flexibility index (Phi) is 4.11. The van der Waals surface area contributed by atoms with Crippen LogP contribution in [0.4, 0.5) is 0 Å². The van der Waals surface area contributed by atoms with Crippen molar-refractivity contribution < 1.29 is 4.74 Å². The van der Waals surface area contributed by atoms with E-state index in [-0.39, 0.29) is 0 Å². The number of nitrogens with one attached hydrogen (secondary N) is 1. The summed E-state index contributed by atoms with van der Waals surface area (Å²) in [7, 11) is 1.74. The lowest BCUT2D eigenvalue weighted by Gasteiger charge is -1.97. The minimum atomic E-state index is 0.782. The molecule has 0 bridgehead atoms. The number of thiazole rings is 1. The van der Waals surface area contributed by atoms with Gasteiger partial charge in [0.2, 0.25) is 0 Å². The van der Waals surface area contributed by atoms with Gasteiger partial charge in [-0.1, -0.05) is 0 Å². The number of rotatable bonds is 7. The van der Waals surface area contributed by atoms with Gasteiger partial charge < -0.3 is 10.1 Å². The van der Waals surface area contributed by atoms with Crippen LogP contribution in [0.15, 0.2) is 6.20 Å². The molecule has 1 aliphatic rings. The fourth-order valence-electron chi connectivity index (χ4n) is 1.45. The van der Waals surface area contributed by atoms with Crippen LogP contribution in [-0.4, -0.2) is 24.7 Å². The number of hydrogen-bond acceptors (Lipinski definition) is 4. The number of aryl methyl sites for hydroxylation is 1. The first-order chi connectivity index (χ1) is 7.38. The Morgan fingerprint density at radius 1 is 1.60 bits per heavy atom. The van der Waals surface area contributed by atoms with Crippen molar-refractivity contribution in [3.8, 4) is 0 Å². The van der Waals surface area contributed by atoms with Crippen molar-refractivity contribution in [3.63, 3.8) is 0 Å². The fraction of sp³-hybridized carbons (Fsp3) is 0.727. The van der Waals surface area contributed by atoms with Gasteiger partial charge in [0.25, 0.3) is 0 Å². The van der Waals surface area contributed by atoms with Gasteiger partial charge in [-0.25, -0.2) is 4.98 Å². The average Bonchev–Trinajstić information content (AvgIpc) is 2.97. The summed E-state index contributed by atoms with van der Waals surface area (Å²) in [5.41, 5.74) is 0. The molecule has 1 aromatic rings. The molecule has 0 spiro atoms. The van der Waals surface area contributed by atoms with E-state index >= 15 is 0 Å². The zero-order chi connectivity index (χ0) is 10.5. The van der Waals surface area contributed by atoms with Crippen LogP contribution < -0.4 is 5.32 Å². The first kappa shape index (κ1) is 11.0. The maximum atomic E-state index is 5.02. The fourth-order valence-corrected chi connectivity index (χ4v) is 2.36. The molecule has 84 valence electrons. The van der Waals surface area contributed by atoms with Crippen LogP contribution in [-0.2, 0) is 17.7 Å². The average molecular weight is 226 g/mol. The smallest absolute Gasteiger partial charge is 0.0929 e. The molecule has 4 heteroatoms. The molecule has 1 aromatic heterocycles. The maximum Gasteiger partial charge on any atom is 0.0929 e. The SMILES string of the molecule is COCCCc1ncc(CNC2CC2)s1. The Bertz CT molecular complexity index is 297. The van der Waals surface area contributed by atoms with E-state index in [1.165, 1.54) is 22.7 Å². The van der Waals surface area contributed by atoms with Crippen LogP contribution in [0, 0.1) is 0 Å². The maximum absolute atomic E-state index is 5.02. The van der Waals surface area contributed by atoms with Crippen LogP contribution in [0.25, 0.3) is 0 Å². The van der Waals surface area contributed by atoms with Crippen molar-refractivity contribution >= 4 is 11.3 Å². The Balaban J connectivity index is 1.70. The lowest BCUT2D eigenvalue weighted by molar-refractivity contribution is 0.195. The second-order valence-electron chi connectivity index (χ2n) is 3.97. The van der Waals surface area contributed by atoms with Crippen LogP contribution in [0.1, 0.15) is 29.1 Å². The molecule has 1 N–H and O–H groups in total. The van der Waals surface area contributed by atoms with Crippen LogP contribution in [0.2, 0.25) is 0 Å². The first-order valence-corrected chi connectivity index (χ1v) is 6.36. The van der Waals surface area contributed by atoms with Crippen molar-refractivity contribution in [2.75, 3.05) is 13.7 Å². The van der Waals surface area contributed by atoms with Gasteiger partial charge in [0.05, 0.1) is 5.01 Å². The van der Waals surface area contributed by atoms with Gasteiger partial charge >= 0.3 is 0 Å². The number of hydrogen-bond donors (Lipinski definition) is 1. The van der Waals surface area contributed by atoms with E-state index in [2.05, 4.69) is 10.3 Å². The van der Waals surface area contributed by atoms with Crippen molar-refractivity contribution in [2.45, 2.75) is 38.3 Å². The highest BCUT2D eigenvalue weighted by Gasteiger charge is 2.20. The molecule has 0 aliphatic heterocycles. The molecule has 1 saturated carbocycles. The molecule has 3 nitrogen and oxygen atoms in total. The molecule has 0 amide bonds. The molecule has 1 aliphatic carbocycles. The summed E-state index contributed by atoms with van der Waals surface area (Å²) in [6.07, 6.45) is 6.81. The lowest BCUT2D eigenvalue weighted by atomic mass is 10.3. The second-order valence-corrected chi connectivity index (χ2v) is 5.17. The summed E-state index contributed by atoms with van der Waals surface area (Å²) in [5, 5.41) is 4.73. The van der Waals surface area contributed by atoms with E-state index < -0.39 is 0 Å². The highest BCUT2D eigenvalue weighted by Crippen LogP contribution is 2.21. The number of aromatic nitrogens is 1. The van der Waals surface area contributed by atoms with Gasteiger partial charge in [0.15, 0.2) is 0 Å². The topological polar surface area (TPSA) is 34.1 Å². The largest absolute Gasteiger partial charge is 0.385 e. The number of ether oxygens (including phenoxy) is 1. The Hall–Kier alpha value is -0.450. The van der Waals surface area contributed by atoms with E-state index in [1.54, 1.807) is 7.11 Å². The zero-order valence-corrected chi connectivity index (χ0v) is 9.98. The molecule has 0 radical (unpaired) electrons. The molecule has 1 heterocycles. The Morgan fingerprint density at radius 2 is 2.47 bits per heavy atom.